The van der Waals surface area contributed by atoms with Crippen LogP contribution in [0.5, 0.6) is 5.75 Å². The van der Waals surface area contributed by atoms with Gasteiger partial charge in [-0.3, -0.25) is 4.79 Å². The third kappa shape index (κ3) is 3.07. The number of fused-ring (bicyclic) bond motifs is 2. The molecule has 1 unspecified atom stereocenters. The Kier molecular flexibility index (Phi) is 4.29. The quantitative estimate of drug-likeness (QED) is 0.506. The molecule has 3 heterocycles. The zero-order valence-electron chi connectivity index (χ0n) is 15.8. The van der Waals surface area contributed by atoms with Crippen LogP contribution in [0.2, 0.25) is 5.02 Å². The standard InChI is InChI=1S/C21H17ClN4O2S/c1-11-19-15(12-4-3-5-13(22)8-12)10-18(27)24-20(19)26(25-11)21-23-16-7-6-14(28-2)9-17(16)29-21/h3-9,15H,10H2,1-2H3,(H,24,27). The van der Waals surface area contributed by atoms with E-state index in [4.69, 9.17) is 26.4 Å². The van der Waals surface area contributed by atoms with Gasteiger partial charge in [-0.1, -0.05) is 35.1 Å². The monoisotopic (exact) mass is 424 g/mol. The molecule has 8 heteroatoms. The van der Waals surface area contributed by atoms with Gasteiger partial charge in [0.1, 0.15) is 11.6 Å². The van der Waals surface area contributed by atoms with E-state index in [0.29, 0.717) is 22.4 Å². The van der Waals surface area contributed by atoms with E-state index in [9.17, 15) is 4.79 Å². The Morgan fingerprint density at radius 3 is 2.93 bits per heavy atom. The number of amides is 1. The number of carbonyl (C=O) groups excluding carboxylic acids is 1. The Morgan fingerprint density at radius 2 is 2.14 bits per heavy atom. The number of anilines is 1. The van der Waals surface area contributed by atoms with Crippen LogP contribution in [0.1, 0.15) is 29.2 Å². The van der Waals surface area contributed by atoms with Crippen LogP contribution in [0.3, 0.4) is 0 Å². The van der Waals surface area contributed by atoms with Crippen molar-refractivity contribution >= 4 is 44.9 Å². The number of halogens is 1. The Balaban J connectivity index is 1.66. The first-order valence-electron chi connectivity index (χ1n) is 9.13. The van der Waals surface area contributed by atoms with Crippen LogP contribution < -0.4 is 10.1 Å². The molecule has 2 aromatic heterocycles. The number of nitrogens with one attached hydrogen (secondary N) is 1. The van der Waals surface area contributed by atoms with Crippen LogP contribution in [0, 0.1) is 6.92 Å². The summed E-state index contributed by atoms with van der Waals surface area (Å²) in [5.41, 5.74) is 3.73. The lowest BCUT2D eigenvalue weighted by Gasteiger charge is -2.24. The van der Waals surface area contributed by atoms with Gasteiger partial charge in [-0.25, -0.2) is 4.98 Å². The van der Waals surface area contributed by atoms with Crippen molar-refractivity contribution in [2.45, 2.75) is 19.3 Å². The average Bonchev–Trinajstić information content (AvgIpc) is 3.27. The zero-order valence-corrected chi connectivity index (χ0v) is 17.3. The number of rotatable bonds is 3. The van der Waals surface area contributed by atoms with Gasteiger partial charge < -0.3 is 10.1 Å². The summed E-state index contributed by atoms with van der Waals surface area (Å²) >= 11 is 7.70. The Labute approximate surface area is 176 Å². The van der Waals surface area contributed by atoms with E-state index in [1.54, 1.807) is 11.8 Å². The van der Waals surface area contributed by atoms with Gasteiger partial charge in [-0.2, -0.15) is 9.78 Å². The normalized spacial score (nSPS) is 16.0. The Hall–Kier alpha value is -2.90. The molecule has 4 aromatic rings. The highest BCUT2D eigenvalue weighted by Gasteiger charge is 2.33. The fourth-order valence-corrected chi connectivity index (χ4v) is 4.96. The Bertz CT molecular complexity index is 1260. The summed E-state index contributed by atoms with van der Waals surface area (Å²) in [5.74, 6) is 1.31. The topological polar surface area (TPSA) is 69.0 Å². The van der Waals surface area contributed by atoms with Crippen LogP contribution in [-0.4, -0.2) is 27.8 Å². The largest absolute Gasteiger partial charge is 0.497 e. The number of thiazole rings is 1. The lowest BCUT2D eigenvalue weighted by molar-refractivity contribution is -0.116. The van der Waals surface area contributed by atoms with Gasteiger partial charge in [0.05, 0.1) is 23.0 Å². The van der Waals surface area contributed by atoms with E-state index < -0.39 is 0 Å². The first kappa shape index (κ1) is 18.1. The first-order valence-corrected chi connectivity index (χ1v) is 10.3. The summed E-state index contributed by atoms with van der Waals surface area (Å²) in [6.07, 6.45) is 0.358. The SMILES string of the molecule is COc1ccc2nc(-n3nc(C)c4c3NC(=O)CC4c3cccc(Cl)c3)sc2c1. The predicted molar refractivity (Wildman–Crippen MR) is 115 cm³/mol. The summed E-state index contributed by atoms with van der Waals surface area (Å²) in [7, 11) is 1.64. The molecule has 2 aromatic carbocycles. The summed E-state index contributed by atoms with van der Waals surface area (Å²) in [6.45, 7) is 1.96. The van der Waals surface area contributed by atoms with Gasteiger partial charge in [-0.05, 0) is 42.8 Å². The molecule has 146 valence electrons. The number of nitrogens with zero attached hydrogens (tertiary/aromatic N) is 3. The highest BCUT2D eigenvalue weighted by Crippen LogP contribution is 2.41. The van der Waals surface area contributed by atoms with Crippen molar-refractivity contribution in [2.24, 2.45) is 0 Å². The number of carbonyl (C=O) groups is 1. The molecule has 0 aliphatic carbocycles. The molecule has 6 nitrogen and oxygen atoms in total. The molecule has 1 N–H and O–H groups in total. The Morgan fingerprint density at radius 1 is 1.28 bits per heavy atom. The van der Waals surface area contributed by atoms with Crippen LogP contribution in [0.25, 0.3) is 15.3 Å². The molecule has 0 spiro atoms. The minimum atomic E-state index is -0.0966. The molecular weight excluding hydrogens is 408 g/mol. The fourth-order valence-electron chi connectivity index (χ4n) is 3.80. The average molecular weight is 425 g/mol. The summed E-state index contributed by atoms with van der Waals surface area (Å²) in [6, 6.07) is 13.4. The lowest BCUT2D eigenvalue weighted by atomic mass is 9.86. The minimum Gasteiger partial charge on any atom is -0.497 e. The third-order valence-electron chi connectivity index (χ3n) is 5.12. The molecule has 1 aliphatic heterocycles. The maximum atomic E-state index is 12.5. The smallest absolute Gasteiger partial charge is 0.226 e. The predicted octanol–water partition coefficient (Wildman–Crippen LogP) is 4.93. The van der Waals surface area contributed by atoms with Crippen molar-refractivity contribution in [3.8, 4) is 10.9 Å². The van der Waals surface area contributed by atoms with E-state index in [0.717, 1.165) is 32.8 Å². The van der Waals surface area contributed by atoms with Crippen LogP contribution in [0.4, 0.5) is 5.82 Å². The van der Waals surface area contributed by atoms with Crippen molar-refractivity contribution < 1.29 is 9.53 Å². The van der Waals surface area contributed by atoms with Gasteiger partial charge in [0.25, 0.3) is 0 Å². The van der Waals surface area contributed by atoms with Gasteiger partial charge in [-0.15, -0.1) is 0 Å². The summed E-state index contributed by atoms with van der Waals surface area (Å²) in [4.78, 5) is 17.2. The highest BCUT2D eigenvalue weighted by molar-refractivity contribution is 7.20. The van der Waals surface area contributed by atoms with Crippen molar-refractivity contribution in [2.75, 3.05) is 12.4 Å². The van der Waals surface area contributed by atoms with Crippen LogP contribution >= 0.6 is 22.9 Å². The highest BCUT2D eigenvalue weighted by atomic mass is 35.5. The molecule has 1 aliphatic rings. The molecule has 0 fully saturated rings. The third-order valence-corrected chi connectivity index (χ3v) is 6.35. The van der Waals surface area contributed by atoms with Crippen LogP contribution in [0.15, 0.2) is 42.5 Å². The minimum absolute atomic E-state index is 0.0496. The number of methoxy groups -OCH3 is 1. The molecule has 1 atom stereocenters. The molecule has 0 saturated heterocycles. The number of aryl methyl sites for hydroxylation is 1. The number of benzene rings is 2. The van der Waals surface area contributed by atoms with Crippen molar-refractivity contribution in [1.82, 2.24) is 14.8 Å². The van der Waals surface area contributed by atoms with Crippen molar-refractivity contribution in [3.05, 3.63) is 64.3 Å². The second-order valence-corrected chi connectivity index (χ2v) is 8.40. The fraction of sp³-hybridized carbons (Fsp3) is 0.190. The number of ether oxygens (including phenoxy) is 1. The maximum absolute atomic E-state index is 12.5. The number of aromatic nitrogens is 3. The lowest BCUT2D eigenvalue weighted by Crippen LogP contribution is -2.24. The summed E-state index contributed by atoms with van der Waals surface area (Å²) < 4.78 is 8.04. The second-order valence-electron chi connectivity index (χ2n) is 6.95. The molecule has 29 heavy (non-hydrogen) atoms. The molecule has 0 bridgehead atoms. The second kappa shape index (κ2) is 6.86. The van der Waals surface area contributed by atoms with Crippen LogP contribution in [-0.2, 0) is 4.79 Å². The van der Waals surface area contributed by atoms with Gasteiger partial charge >= 0.3 is 0 Å². The first-order chi connectivity index (χ1) is 14.0. The van der Waals surface area contributed by atoms with Crippen molar-refractivity contribution in [3.63, 3.8) is 0 Å². The van der Waals surface area contributed by atoms with E-state index in [-0.39, 0.29) is 11.8 Å². The van der Waals surface area contributed by atoms with E-state index in [1.807, 2.05) is 49.4 Å². The molecule has 0 radical (unpaired) electrons. The zero-order chi connectivity index (χ0) is 20.1. The maximum Gasteiger partial charge on any atom is 0.226 e. The number of hydrogen-bond donors (Lipinski definition) is 1. The molecule has 5 rings (SSSR count). The van der Waals surface area contributed by atoms with E-state index in [1.165, 1.54) is 11.3 Å². The molecule has 1 amide bonds. The molecular formula is C21H17ClN4O2S. The summed E-state index contributed by atoms with van der Waals surface area (Å²) in [5, 5.41) is 9.07. The van der Waals surface area contributed by atoms with Gasteiger partial charge in [0.2, 0.25) is 11.0 Å². The van der Waals surface area contributed by atoms with E-state index in [2.05, 4.69) is 5.32 Å². The number of hydrogen-bond acceptors (Lipinski definition) is 5. The van der Waals surface area contributed by atoms with E-state index >= 15 is 0 Å². The van der Waals surface area contributed by atoms with Crippen molar-refractivity contribution in [1.29, 1.82) is 0 Å². The molecule has 0 saturated carbocycles. The van der Waals surface area contributed by atoms with Gasteiger partial charge in [0, 0.05) is 22.9 Å². The van der Waals surface area contributed by atoms with Gasteiger partial charge in [0.15, 0.2) is 0 Å².